The van der Waals surface area contributed by atoms with Crippen LogP contribution in [0.2, 0.25) is 0 Å². The van der Waals surface area contributed by atoms with Crippen molar-refractivity contribution in [1.82, 2.24) is 9.97 Å². The van der Waals surface area contributed by atoms with E-state index in [0.29, 0.717) is 11.6 Å². The molecule has 0 aliphatic heterocycles. The number of carboxylic acid groups (broad SMARTS) is 1. The van der Waals surface area contributed by atoms with Gasteiger partial charge in [-0.1, -0.05) is 6.92 Å². The van der Waals surface area contributed by atoms with E-state index in [0.717, 1.165) is 30.0 Å². The minimum absolute atomic E-state index is 0.247. The summed E-state index contributed by atoms with van der Waals surface area (Å²) in [5.74, 6) is 0.606. The number of anilines is 1. The molecule has 2 atom stereocenters. The van der Waals surface area contributed by atoms with Crippen LogP contribution in [0.4, 0.5) is 5.82 Å². The van der Waals surface area contributed by atoms with Crippen LogP contribution in [0.3, 0.4) is 0 Å². The maximum atomic E-state index is 11.0. The molecule has 2 N–H and O–H groups in total. The highest BCUT2D eigenvalue weighted by molar-refractivity contribution is 5.96. The maximum Gasteiger partial charge on any atom is 0.335 e. The van der Waals surface area contributed by atoms with Crippen molar-refractivity contribution in [1.29, 1.82) is 0 Å². The van der Waals surface area contributed by atoms with Crippen LogP contribution in [0, 0.1) is 5.92 Å². The smallest absolute Gasteiger partial charge is 0.335 e. The van der Waals surface area contributed by atoms with E-state index in [4.69, 9.17) is 5.11 Å². The zero-order valence-electron chi connectivity index (χ0n) is 11.3. The summed E-state index contributed by atoms with van der Waals surface area (Å²) in [6.07, 6.45) is 5.02. The number of nitrogens with zero attached hydrogens (tertiary/aromatic N) is 2. The summed E-state index contributed by atoms with van der Waals surface area (Å²) in [5.41, 5.74) is 0.907. The predicted octanol–water partition coefficient (Wildman–Crippen LogP) is 2.93. The second-order valence-electron chi connectivity index (χ2n) is 5.52. The zero-order chi connectivity index (χ0) is 14.1. The lowest BCUT2D eigenvalue weighted by molar-refractivity contribution is 0.0697. The van der Waals surface area contributed by atoms with Crippen LogP contribution in [-0.4, -0.2) is 27.1 Å². The molecule has 1 aliphatic carbocycles. The van der Waals surface area contributed by atoms with Crippen LogP contribution in [0.5, 0.6) is 0 Å². The van der Waals surface area contributed by atoms with Crippen molar-refractivity contribution in [3.8, 4) is 0 Å². The van der Waals surface area contributed by atoms with Crippen molar-refractivity contribution in [3.63, 3.8) is 0 Å². The summed E-state index contributed by atoms with van der Waals surface area (Å²) in [7, 11) is 0. The van der Waals surface area contributed by atoms with Gasteiger partial charge in [0.1, 0.15) is 12.1 Å². The van der Waals surface area contributed by atoms with Crippen molar-refractivity contribution in [2.75, 3.05) is 5.32 Å². The van der Waals surface area contributed by atoms with Gasteiger partial charge in [-0.2, -0.15) is 0 Å². The minimum atomic E-state index is -0.940. The number of aromatic nitrogens is 2. The van der Waals surface area contributed by atoms with Gasteiger partial charge in [0.2, 0.25) is 0 Å². The molecule has 1 heterocycles. The molecule has 2 unspecified atom stereocenters. The first-order valence-corrected chi connectivity index (χ1v) is 6.88. The number of hydrogen-bond acceptors (Lipinski definition) is 4. The van der Waals surface area contributed by atoms with Gasteiger partial charge in [-0.15, -0.1) is 0 Å². The van der Waals surface area contributed by atoms with Crippen LogP contribution in [-0.2, 0) is 0 Å². The first kappa shape index (κ1) is 12.8. The molecule has 5 heteroatoms. The monoisotopic (exact) mass is 271 g/mol. The molecule has 2 aromatic rings. The Morgan fingerprint density at radius 1 is 1.35 bits per heavy atom. The molecule has 5 nitrogen and oxygen atoms in total. The van der Waals surface area contributed by atoms with Crippen LogP contribution in [0.1, 0.15) is 36.5 Å². The maximum absolute atomic E-state index is 11.0. The molecule has 0 saturated heterocycles. The number of carboxylic acids is 1. The van der Waals surface area contributed by atoms with Crippen molar-refractivity contribution < 1.29 is 9.90 Å². The summed E-state index contributed by atoms with van der Waals surface area (Å²) in [4.78, 5) is 19.4. The number of hydrogen-bond donors (Lipinski definition) is 2. The Labute approximate surface area is 117 Å². The quantitative estimate of drug-likeness (QED) is 0.897. The Balaban J connectivity index is 1.93. The van der Waals surface area contributed by atoms with Gasteiger partial charge in [0.15, 0.2) is 0 Å². The van der Waals surface area contributed by atoms with E-state index in [2.05, 4.69) is 22.2 Å². The highest BCUT2D eigenvalue weighted by atomic mass is 16.4. The lowest BCUT2D eigenvalue weighted by atomic mass is 10.1. The van der Waals surface area contributed by atoms with Gasteiger partial charge >= 0.3 is 5.97 Å². The van der Waals surface area contributed by atoms with Crippen LogP contribution >= 0.6 is 0 Å². The lowest BCUT2D eigenvalue weighted by Crippen LogP contribution is -2.16. The van der Waals surface area contributed by atoms with Gasteiger partial charge in [-0.3, -0.25) is 0 Å². The summed E-state index contributed by atoms with van der Waals surface area (Å²) in [6, 6.07) is 5.40. The topological polar surface area (TPSA) is 75.1 Å². The van der Waals surface area contributed by atoms with E-state index in [1.165, 1.54) is 12.7 Å². The van der Waals surface area contributed by atoms with Crippen molar-refractivity contribution in [3.05, 3.63) is 30.1 Å². The third-order valence-corrected chi connectivity index (χ3v) is 3.92. The van der Waals surface area contributed by atoms with E-state index >= 15 is 0 Å². The standard InChI is InChI=1S/C15H17N3O2/c1-9-2-4-11(6-9)18-14-12-5-3-10(15(19)20)7-13(12)16-8-17-14/h3,5,7-9,11H,2,4,6H2,1H3,(H,19,20)(H,16,17,18). The minimum Gasteiger partial charge on any atom is -0.478 e. The number of carbonyl (C=O) groups is 1. The van der Waals surface area contributed by atoms with Crippen molar-refractivity contribution in [2.45, 2.75) is 32.2 Å². The number of aromatic carboxylic acids is 1. The molecule has 0 bridgehead atoms. The second-order valence-corrected chi connectivity index (χ2v) is 5.52. The molecule has 0 radical (unpaired) electrons. The van der Waals surface area contributed by atoms with Crippen molar-refractivity contribution in [2.24, 2.45) is 5.92 Å². The first-order valence-electron chi connectivity index (χ1n) is 6.88. The lowest BCUT2D eigenvalue weighted by Gasteiger charge is -2.14. The van der Waals surface area contributed by atoms with Gasteiger partial charge in [0, 0.05) is 11.4 Å². The first-order chi connectivity index (χ1) is 9.63. The van der Waals surface area contributed by atoms with Gasteiger partial charge in [0.05, 0.1) is 11.1 Å². The van der Waals surface area contributed by atoms with Crippen LogP contribution in [0.15, 0.2) is 24.5 Å². The van der Waals surface area contributed by atoms with Gasteiger partial charge < -0.3 is 10.4 Å². The molecular weight excluding hydrogens is 254 g/mol. The highest BCUT2D eigenvalue weighted by Gasteiger charge is 2.22. The van der Waals surface area contributed by atoms with Gasteiger partial charge in [-0.05, 0) is 43.4 Å². The third-order valence-electron chi connectivity index (χ3n) is 3.92. The molecule has 1 aromatic heterocycles. The average molecular weight is 271 g/mol. The Morgan fingerprint density at radius 2 is 2.20 bits per heavy atom. The second kappa shape index (κ2) is 5.07. The molecule has 20 heavy (non-hydrogen) atoms. The number of fused-ring (bicyclic) bond motifs is 1. The summed E-state index contributed by atoms with van der Waals surface area (Å²) >= 11 is 0. The third kappa shape index (κ3) is 2.43. The molecule has 0 amide bonds. The fourth-order valence-corrected chi connectivity index (χ4v) is 2.84. The summed E-state index contributed by atoms with van der Waals surface area (Å²) in [5, 5.41) is 13.4. The van der Waals surface area contributed by atoms with E-state index < -0.39 is 5.97 Å². The highest BCUT2D eigenvalue weighted by Crippen LogP contribution is 2.29. The largest absolute Gasteiger partial charge is 0.478 e. The number of nitrogens with one attached hydrogen (secondary N) is 1. The number of rotatable bonds is 3. The van der Waals surface area contributed by atoms with E-state index in [1.54, 1.807) is 18.2 Å². The van der Waals surface area contributed by atoms with E-state index in [9.17, 15) is 4.79 Å². The molecule has 0 spiro atoms. The van der Waals surface area contributed by atoms with E-state index in [1.807, 2.05) is 0 Å². The molecule has 3 rings (SSSR count). The Bertz CT molecular complexity index is 657. The fraction of sp³-hybridized carbons (Fsp3) is 0.400. The van der Waals surface area contributed by atoms with Crippen LogP contribution in [0.25, 0.3) is 10.9 Å². The van der Waals surface area contributed by atoms with E-state index in [-0.39, 0.29) is 5.56 Å². The van der Waals surface area contributed by atoms with Gasteiger partial charge in [0.25, 0.3) is 0 Å². The summed E-state index contributed by atoms with van der Waals surface area (Å²) < 4.78 is 0. The molecule has 1 aliphatic rings. The fourth-order valence-electron chi connectivity index (χ4n) is 2.84. The average Bonchev–Trinajstić information content (AvgIpc) is 2.84. The molecule has 104 valence electrons. The SMILES string of the molecule is CC1CCC(Nc2ncnc3cc(C(=O)O)ccc23)C1. The Hall–Kier alpha value is -2.17. The molecule has 1 aromatic carbocycles. The number of benzene rings is 1. The predicted molar refractivity (Wildman–Crippen MR) is 76.9 cm³/mol. The summed E-state index contributed by atoms with van der Waals surface area (Å²) in [6.45, 7) is 2.26. The molecule has 1 fully saturated rings. The molecule has 1 saturated carbocycles. The Morgan fingerprint density at radius 3 is 2.90 bits per heavy atom. The zero-order valence-corrected chi connectivity index (χ0v) is 11.3. The van der Waals surface area contributed by atoms with Crippen LogP contribution < -0.4 is 5.32 Å². The molecular formula is C15H17N3O2. The normalized spacial score (nSPS) is 22.1. The Kier molecular flexibility index (Phi) is 3.26. The van der Waals surface area contributed by atoms with Gasteiger partial charge in [-0.25, -0.2) is 14.8 Å². The van der Waals surface area contributed by atoms with Crippen molar-refractivity contribution >= 4 is 22.7 Å².